The van der Waals surface area contributed by atoms with Gasteiger partial charge in [-0.2, -0.15) is 0 Å². The lowest BCUT2D eigenvalue weighted by molar-refractivity contribution is -0.137. The molecule has 1 heterocycles. The van der Waals surface area contributed by atoms with Gasteiger partial charge in [0.1, 0.15) is 0 Å². The van der Waals surface area contributed by atoms with E-state index >= 15 is 0 Å². The van der Waals surface area contributed by atoms with Crippen LogP contribution in [0.2, 0.25) is 0 Å². The van der Waals surface area contributed by atoms with Gasteiger partial charge >= 0.3 is 5.97 Å². The van der Waals surface area contributed by atoms with E-state index in [1.54, 1.807) is 11.3 Å². The monoisotopic (exact) mass is 241 g/mol. The molecule has 3 nitrogen and oxygen atoms in total. The maximum absolute atomic E-state index is 10.4. The van der Waals surface area contributed by atoms with Crippen LogP contribution in [0.3, 0.4) is 0 Å². The lowest BCUT2D eigenvalue weighted by atomic mass is 10.1. The van der Waals surface area contributed by atoms with E-state index in [0.29, 0.717) is 0 Å². The van der Waals surface area contributed by atoms with Crippen molar-refractivity contribution in [2.45, 2.75) is 26.7 Å². The summed E-state index contributed by atoms with van der Waals surface area (Å²) in [5.41, 5.74) is 1.35. The SMILES string of the molecule is Cc1ccsc1CCNCC(C)CC(=O)O. The second kappa shape index (κ2) is 6.66. The molecule has 90 valence electrons. The molecule has 0 aliphatic rings. The average molecular weight is 241 g/mol. The van der Waals surface area contributed by atoms with Gasteiger partial charge < -0.3 is 10.4 Å². The second-order valence-corrected chi connectivity index (χ2v) is 5.18. The Morgan fingerprint density at radius 3 is 2.94 bits per heavy atom. The number of aryl methyl sites for hydroxylation is 1. The summed E-state index contributed by atoms with van der Waals surface area (Å²) in [6, 6.07) is 2.13. The van der Waals surface area contributed by atoms with Gasteiger partial charge in [0.2, 0.25) is 0 Å². The molecule has 1 atom stereocenters. The molecule has 0 radical (unpaired) electrons. The lowest BCUT2D eigenvalue weighted by Gasteiger charge is -2.09. The zero-order valence-corrected chi connectivity index (χ0v) is 10.6. The zero-order valence-electron chi connectivity index (χ0n) is 9.82. The highest BCUT2D eigenvalue weighted by Gasteiger charge is 2.06. The first-order valence-corrected chi connectivity index (χ1v) is 6.43. The first-order chi connectivity index (χ1) is 7.59. The molecule has 0 saturated carbocycles. The number of nitrogens with one attached hydrogen (secondary N) is 1. The Morgan fingerprint density at radius 1 is 1.62 bits per heavy atom. The number of hydrogen-bond acceptors (Lipinski definition) is 3. The smallest absolute Gasteiger partial charge is 0.303 e. The Labute approximate surface area is 100 Å². The van der Waals surface area contributed by atoms with Crippen LogP contribution in [0, 0.1) is 12.8 Å². The number of carboxylic acid groups (broad SMARTS) is 1. The minimum absolute atomic E-state index is 0.196. The van der Waals surface area contributed by atoms with Gasteiger partial charge in [0.15, 0.2) is 0 Å². The van der Waals surface area contributed by atoms with Crippen molar-refractivity contribution >= 4 is 17.3 Å². The highest BCUT2D eigenvalue weighted by Crippen LogP contribution is 2.15. The topological polar surface area (TPSA) is 49.3 Å². The molecule has 0 aliphatic carbocycles. The summed E-state index contributed by atoms with van der Waals surface area (Å²) >= 11 is 1.78. The summed E-state index contributed by atoms with van der Waals surface area (Å²) in [6.07, 6.45) is 1.27. The third-order valence-electron chi connectivity index (χ3n) is 2.51. The first kappa shape index (κ1) is 13.2. The van der Waals surface area contributed by atoms with Crippen molar-refractivity contribution in [3.05, 3.63) is 21.9 Å². The van der Waals surface area contributed by atoms with Crippen LogP contribution < -0.4 is 5.32 Å². The van der Waals surface area contributed by atoms with Crippen molar-refractivity contribution in [1.82, 2.24) is 5.32 Å². The molecule has 2 N–H and O–H groups in total. The third kappa shape index (κ3) is 4.77. The Kier molecular flexibility index (Phi) is 5.49. The van der Waals surface area contributed by atoms with Crippen LogP contribution in [0.4, 0.5) is 0 Å². The molecule has 1 aromatic rings. The van der Waals surface area contributed by atoms with Crippen LogP contribution in [0.5, 0.6) is 0 Å². The molecule has 1 aromatic heterocycles. The van der Waals surface area contributed by atoms with Gasteiger partial charge in [0.25, 0.3) is 0 Å². The summed E-state index contributed by atoms with van der Waals surface area (Å²) in [6.45, 7) is 5.78. The van der Waals surface area contributed by atoms with Crippen LogP contribution in [0.1, 0.15) is 23.8 Å². The van der Waals surface area contributed by atoms with Gasteiger partial charge in [-0.05, 0) is 49.4 Å². The maximum Gasteiger partial charge on any atom is 0.303 e. The first-order valence-electron chi connectivity index (χ1n) is 5.55. The zero-order chi connectivity index (χ0) is 12.0. The minimum Gasteiger partial charge on any atom is -0.481 e. The molecule has 4 heteroatoms. The van der Waals surface area contributed by atoms with Gasteiger partial charge in [-0.15, -0.1) is 11.3 Å². The predicted octanol–water partition coefficient (Wildman–Crippen LogP) is 2.30. The molecule has 0 fully saturated rings. The van der Waals surface area contributed by atoms with Crippen LogP contribution in [-0.2, 0) is 11.2 Å². The summed E-state index contributed by atoms with van der Waals surface area (Å²) < 4.78 is 0. The number of rotatable bonds is 7. The third-order valence-corrected chi connectivity index (χ3v) is 3.60. The van der Waals surface area contributed by atoms with Crippen molar-refractivity contribution in [2.75, 3.05) is 13.1 Å². The van der Waals surface area contributed by atoms with Crippen molar-refractivity contribution in [3.63, 3.8) is 0 Å². The highest BCUT2D eigenvalue weighted by atomic mass is 32.1. The highest BCUT2D eigenvalue weighted by molar-refractivity contribution is 7.10. The standard InChI is InChI=1S/C12H19NO2S/c1-9(7-12(14)15)8-13-5-3-11-10(2)4-6-16-11/h4,6,9,13H,3,5,7-8H2,1-2H3,(H,14,15). The Balaban J connectivity index is 2.12. The van der Waals surface area contributed by atoms with E-state index in [1.807, 2.05) is 6.92 Å². The Bertz CT molecular complexity index is 336. The van der Waals surface area contributed by atoms with Gasteiger partial charge in [0.05, 0.1) is 0 Å². The average Bonchev–Trinajstić information content (AvgIpc) is 2.58. The molecular weight excluding hydrogens is 222 g/mol. The van der Waals surface area contributed by atoms with E-state index in [-0.39, 0.29) is 12.3 Å². The largest absolute Gasteiger partial charge is 0.481 e. The van der Waals surface area contributed by atoms with Gasteiger partial charge in [-0.3, -0.25) is 4.79 Å². The number of carbonyl (C=O) groups is 1. The van der Waals surface area contributed by atoms with E-state index < -0.39 is 5.97 Å². The molecule has 1 rings (SSSR count). The number of aliphatic carboxylic acids is 1. The molecule has 0 bridgehead atoms. The van der Waals surface area contributed by atoms with Gasteiger partial charge in [-0.25, -0.2) is 0 Å². The van der Waals surface area contributed by atoms with Gasteiger partial charge in [-0.1, -0.05) is 6.92 Å². The Hall–Kier alpha value is -0.870. The summed E-state index contributed by atoms with van der Waals surface area (Å²) in [7, 11) is 0. The van der Waals surface area contributed by atoms with Crippen molar-refractivity contribution in [2.24, 2.45) is 5.92 Å². The summed E-state index contributed by atoms with van der Waals surface area (Å²) in [5, 5.41) is 14.0. The van der Waals surface area contributed by atoms with E-state index in [9.17, 15) is 4.79 Å². The van der Waals surface area contributed by atoms with Crippen LogP contribution in [0.15, 0.2) is 11.4 Å². The Morgan fingerprint density at radius 2 is 2.38 bits per heavy atom. The van der Waals surface area contributed by atoms with Crippen molar-refractivity contribution < 1.29 is 9.90 Å². The number of carboxylic acids is 1. The fourth-order valence-electron chi connectivity index (χ4n) is 1.58. The van der Waals surface area contributed by atoms with E-state index in [1.165, 1.54) is 10.4 Å². The number of hydrogen-bond donors (Lipinski definition) is 2. The molecular formula is C12H19NO2S. The van der Waals surface area contributed by atoms with Gasteiger partial charge in [0, 0.05) is 11.3 Å². The van der Waals surface area contributed by atoms with Crippen LogP contribution in [-0.4, -0.2) is 24.2 Å². The fourth-order valence-corrected chi connectivity index (χ4v) is 2.49. The second-order valence-electron chi connectivity index (χ2n) is 4.18. The molecule has 0 spiro atoms. The predicted molar refractivity (Wildman–Crippen MR) is 67.0 cm³/mol. The summed E-state index contributed by atoms with van der Waals surface area (Å²) in [5.74, 6) is -0.523. The van der Waals surface area contributed by atoms with E-state index in [0.717, 1.165) is 19.5 Å². The molecule has 0 aromatic carbocycles. The van der Waals surface area contributed by atoms with Crippen LogP contribution in [0.25, 0.3) is 0 Å². The molecule has 0 aliphatic heterocycles. The lowest BCUT2D eigenvalue weighted by Crippen LogP contribution is -2.24. The van der Waals surface area contributed by atoms with Crippen molar-refractivity contribution in [3.8, 4) is 0 Å². The maximum atomic E-state index is 10.4. The van der Waals surface area contributed by atoms with E-state index in [4.69, 9.17) is 5.11 Å². The normalized spacial score (nSPS) is 12.6. The fraction of sp³-hybridized carbons (Fsp3) is 0.583. The minimum atomic E-state index is -0.719. The van der Waals surface area contributed by atoms with Crippen LogP contribution >= 0.6 is 11.3 Å². The summed E-state index contributed by atoms with van der Waals surface area (Å²) in [4.78, 5) is 11.9. The van der Waals surface area contributed by atoms with E-state index in [2.05, 4.69) is 23.7 Å². The molecule has 1 unspecified atom stereocenters. The number of thiophene rings is 1. The molecule has 16 heavy (non-hydrogen) atoms. The quantitative estimate of drug-likeness (QED) is 0.720. The molecule has 0 amide bonds. The van der Waals surface area contributed by atoms with Crippen molar-refractivity contribution in [1.29, 1.82) is 0 Å². The molecule has 0 saturated heterocycles.